The lowest BCUT2D eigenvalue weighted by Gasteiger charge is -2.39. The van der Waals surface area contributed by atoms with Crippen LogP contribution >= 0.6 is 0 Å². The summed E-state index contributed by atoms with van der Waals surface area (Å²) in [6, 6.07) is 9.57. The first-order chi connectivity index (χ1) is 10.5. The van der Waals surface area contributed by atoms with Crippen LogP contribution in [0.1, 0.15) is 32.3 Å². The number of carbonyl (C=O) groups excluding carboxylic acids is 2. The minimum absolute atomic E-state index is 0.0491. The Hall–Kier alpha value is -1.84. The molecule has 2 rings (SSSR count). The monoisotopic (exact) mass is 302 g/mol. The molecule has 1 aliphatic heterocycles. The number of hydrogen-bond acceptors (Lipinski definition) is 2. The Morgan fingerprint density at radius 2 is 1.86 bits per heavy atom. The highest BCUT2D eigenvalue weighted by Gasteiger charge is 2.37. The maximum atomic E-state index is 12.5. The van der Waals surface area contributed by atoms with Gasteiger partial charge in [0, 0.05) is 20.0 Å². The Morgan fingerprint density at radius 3 is 2.50 bits per heavy atom. The molecule has 4 heteroatoms. The van der Waals surface area contributed by atoms with Crippen molar-refractivity contribution in [1.29, 1.82) is 0 Å². The number of hydrogen-bond donors (Lipinski definition) is 0. The molecule has 0 spiro atoms. The van der Waals surface area contributed by atoms with Crippen molar-refractivity contribution in [2.24, 2.45) is 5.92 Å². The van der Waals surface area contributed by atoms with Crippen molar-refractivity contribution in [2.75, 3.05) is 20.1 Å². The second-order valence-corrected chi connectivity index (χ2v) is 6.52. The molecule has 1 atom stereocenters. The van der Waals surface area contributed by atoms with Gasteiger partial charge in [0.2, 0.25) is 11.8 Å². The van der Waals surface area contributed by atoms with Crippen LogP contribution in [0.15, 0.2) is 30.3 Å². The van der Waals surface area contributed by atoms with Crippen LogP contribution in [-0.2, 0) is 16.0 Å². The minimum Gasteiger partial charge on any atom is -0.335 e. The van der Waals surface area contributed by atoms with Crippen molar-refractivity contribution in [3.05, 3.63) is 35.9 Å². The molecule has 22 heavy (non-hydrogen) atoms. The third-order valence-electron chi connectivity index (χ3n) is 4.18. The van der Waals surface area contributed by atoms with Gasteiger partial charge in [-0.05, 0) is 24.3 Å². The number of benzene rings is 1. The van der Waals surface area contributed by atoms with Crippen LogP contribution in [0.5, 0.6) is 0 Å². The quantitative estimate of drug-likeness (QED) is 0.809. The molecule has 1 heterocycles. The third kappa shape index (κ3) is 4.09. The number of rotatable bonds is 6. The minimum atomic E-state index is -0.360. The predicted molar refractivity (Wildman–Crippen MR) is 87.4 cm³/mol. The van der Waals surface area contributed by atoms with E-state index in [2.05, 4.69) is 13.8 Å². The van der Waals surface area contributed by atoms with Crippen LogP contribution in [0, 0.1) is 5.92 Å². The number of piperazine rings is 1. The normalized spacial score (nSPS) is 19.2. The van der Waals surface area contributed by atoms with Crippen LogP contribution < -0.4 is 0 Å². The zero-order valence-electron chi connectivity index (χ0n) is 13.8. The summed E-state index contributed by atoms with van der Waals surface area (Å²) in [7, 11) is 1.71. The summed E-state index contributed by atoms with van der Waals surface area (Å²) in [5.41, 5.74) is 1.10. The molecular weight excluding hydrogens is 276 g/mol. The maximum Gasteiger partial charge on any atom is 0.245 e. The molecule has 0 N–H and O–H groups in total. The van der Waals surface area contributed by atoms with Crippen LogP contribution in [0.4, 0.5) is 0 Å². The van der Waals surface area contributed by atoms with Crippen LogP contribution in [0.25, 0.3) is 0 Å². The van der Waals surface area contributed by atoms with Crippen molar-refractivity contribution in [1.82, 2.24) is 9.80 Å². The molecule has 0 aliphatic carbocycles. The molecule has 1 aromatic carbocycles. The molecule has 1 fully saturated rings. The van der Waals surface area contributed by atoms with E-state index in [9.17, 15) is 9.59 Å². The fourth-order valence-corrected chi connectivity index (χ4v) is 2.92. The third-order valence-corrected chi connectivity index (χ3v) is 4.18. The van der Waals surface area contributed by atoms with Crippen molar-refractivity contribution in [3.8, 4) is 0 Å². The highest BCUT2D eigenvalue weighted by atomic mass is 16.2. The molecule has 0 aromatic heterocycles. The second-order valence-electron chi connectivity index (χ2n) is 6.52. The van der Waals surface area contributed by atoms with Gasteiger partial charge in [0.1, 0.15) is 6.04 Å². The van der Waals surface area contributed by atoms with E-state index in [0.29, 0.717) is 18.9 Å². The van der Waals surface area contributed by atoms with Gasteiger partial charge in [-0.2, -0.15) is 0 Å². The second kappa shape index (κ2) is 7.43. The van der Waals surface area contributed by atoms with Crippen LogP contribution in [0.3, 0.4) is 0 Å². The average Bonchev–Trinajstić information content (AvgIpc) is 2.48. The Balaban J connectivity index is 2.11. The summed E-state index contributed by atoms with van der Waals surface area (Å²) in [5.74, 6) is 0.727. The zero-order chi connectivity index (χ0) is 16.1. The van der Waals surface area contributed by atoms with Gasteiger partial charge in [0.25, 0.3) is 0 Å². The SMILES string of the molecule is CC(C)CCCN1C(=O)CN(C)C(=O)[C@@H]1Cc1ccccc1. The number of carbonyl (C=O) groups is 2. The molecule has 1 aromatic rings. The van der Waals surface area contributed by atoms with Crippen LogP contribution in [-0.4, -0.2) is 47.8 Å². The Kier molecular flexibility index (Phi) is 5.58. The molecule has 1 saturated heterocycles. The highest BCUT2D eigenvalue weighted by molar-refractivity contribution is 5.94. The summed E-state index contributed by atoms with van der Waals surface area (Å²) in [6.07, 6.45) is 2.62. The molecule has 0 saturated carbocycles. The average molecular weight is 302 g/mol. The summed E-state index contributed by atoms with van der Waals surface area (Å²) in [5, 5.41) is 0. The molecule has 0 radical (unpaired) electrons. The highest BCUT2D eigenvalue weighted by Crippen LogP contribution is 2.18. The number of likely N-dealkylation sites (N-methyl/N-ethyl adjacent to an activating group) is 1. The van der Waals surface area contributed by atoms with Gasteiger partial charge >= 0.3 is 0 Å². The summed E-state index contributed by atoms with van der Waals surface area (Å²) < 4.78 is 0. The van der Waals surface area contributed by atoms with Crippen molar-refractivity contribution in [3.63, 3.8) is 0 Å². The molecule has 2 amide bonds. The van der Waals surface area contributed by atoms with E-state index in [1.807, 2.05) is 30.3 Å². The molecule has 1 aliphatic rings. The summed E-state index contributed by atoms with van der Waals surface area (Å²) in [4.78, 5) is 28.2. The lowest BCUT2D eigenvalue weighted by Crippen LogP contribution is -2.59. The van der Waals surface area contributed by atoms with E-state index in [0.717, 1.165) is 18.4 Å². The van der Waals surface area contributed by atoms with Crippen molar-refractivity contribution in [2.45, 2.75) is 39.2 Å². The summed E-state index contributed by atoms with van der Waals surface area (Å²) in [6.45, 7) is 5.23. The van der Waals surface area contributed by atoms with Gasteiger partial charge in [-0.25, -0.2) is 0 Å². The molecule has 120 valence electrons. The topological polar surface area (TPSA) is 40.6 Å². The first kappa shape index (κ1) is 16.5. The fraction of sp³-hybridized carbons (Fsp3) is 0.556. The zero-order valence-corrected chi connectivity index (χ0v) is 13.8. The van der Waals surface area contributed by atoms with Gasteiger partial charge in [0.15, 0.2) is 0 Å². The number of nitrogens with zero attached hydrogens (tertiary/aromatic N) is 2. The van der Waals surface area contributed by atoms with Crippen molar-refractivity contribution < 1.29 is 9.59 Å². The van der Waals surface area contributed by atoms with E-state index in [4.69, 9.17) is 0 Å². The van der Waals surface area contributed by atoms with E-state index in [1.54, 1.807) is 16.8 Å². The van der Waals surface area contributed by atoms with Gasteiger partial charge in [-0.15, -0.1) is 0 Å². The molecule has 0 unspecified atom stereocenters. The largest absolute Gasteiger partial charge is 0.335 e. The first-order valence-electron chi connectivity index (χ1n) is 8.07. The Labute approximate surface area is 133 Å². The van der Waals surface area contributed by atoms with Gasteiger partial charge in [-0.1, -0.05) is 44.2 Å². The lowest BCUT2D eigenvalue weighted by atomic mass is 10.00. The predicted octanol–water partition coefficient (Wildman–Crippen LogP) is 2.33. The van der Waals surface area contributed by atoms with E-state index >= 15 is 0 Å². The lowest BCUT2D eigenvalue weighted by molar-refractivity contribution is -0.154. The first-order valence-corrected chi connectivity index (χ1v) is 8.07. The summed E-state index contributed by atoms with van der Waals surface area (Å²) >= 11 is 0. The van der Waals surface area contributed by atoms with E-state index in [1.165, 1.54) is 0 Å². The van der Waals surface area contributed by atoms with Crippen LogP contribution in [0.2, 0.25) is 0 Å². The smallest absolute Gasteiger partial charge is 0.245 e. The van der Waals surface area contributed by atoms with Gasteiger partial charge in [-0.3, -0.25) is 9.59 Å². The maximum absolute atomic E-state index is 12.5. The Morgan fingerprint density at radius 1 is 1.18 bits per heavy atom. The van der Waals surface area contributed by atoms with Gasteiger partial charge in [0.05, 0.1) is 6.54 Å². The standard InChI is InChI=1S/C18H26N2O2/c1-14(2)8-7-11-20-16(12-15-9-5-4-6-10-15)18(22)19(3)13-17(20)21/h4-6,9-10,14,16H,7-8,11-13H2,1-3H3/t16-/m0/s1. The number of amides is 2. The van der Waals surface area contributed by atoms with Gasteiger partial charge < -0.3 is 9.80 Å². The van der Waals surface area contributed by atoms with Crippen molar-refractivity contribution >= 4 is 11.8 Å². The molecule has 4 nitrogen and oxygen atoms in total. The molecular formula is C18H26N2O2. The fourth-order valence-electron chi connectivity index (χ4n) is 2.92. The van der Waals surface area contributed by atoms with E-state index < -0.39 is 0 Å². The molecule has 0 bridgehead atoms. The van der Waals surface area contributed by atoms with E-state index in [-0.39, 0.29) is 24.4 Å². The Bertz CT molecular complexity index is 513.